The van der Waals surface area contributed by atoms with Crippen LogP contribution in [0.4, 0.5) is 0 Å². The minimum Gasteiger partial charge on any atom is -0.274 e. The smallest absolute Gasteiger partial charge is 0.00625 e. The van der Waals surface area contributed by atoms with Crippen LogP contribution in [0.2, 0.25) is 0 Å². The summed E-state index contributed by atoms with van der Waals surface area (Å²) in [5, 5.41) is 6.98. The van der Waals surface area contributed by atoms with Crippen LogP contribution in [-0.2, 0) is 0 Å². The fourth-order valence-corrected chi connectivity index (χ4v) is 4.30. The molecule has 17 heavy (non-hydrogen) atoms. The van der Waals surface area contributed by atoms with E-state index in [4.69, 9.17) is 0 Å². The van der Waals surface area contributed by atoms with Crippen molar-refractivity contribution >= 4 is 15.8 Å². The maximum absolute atomic E-state index is 3.45. The molecule has 0 spiro atoms. The molecule has 1 unspecified atom stereocenters. The molecule has 1 nitrogen and oxygen atoms in total. The second-order valence-corrected chi connectivity index (χ2v) is 7.08. The van der Waals surface area contributed by atoms with Crippen LogP contribution < -0.4 is 4.72 Å². The van der Waals surface area contributed by atoms with Gasteiger partial charge in [0.2, 0.25) is 0 Å². The van der Waals surface area contributed by atoms with Gasteiger partial charge in [-0.2, -0.15) is 0 Å². The van der Waals surface area contributed by atoms with Crippen LogP contribution in [0.5, 0.6) is 0 Å². The van der Waals surface area contributed by atoms with Crippen molar-refractivity contribution in [3.05, 3.63) is 63.8 Å². The van der Waals surface area contributed by atoms with Crippen LogP contribution in [0.3, 0.4) is 0 Å². The molecular weight excluding hydrogens is 226 g/mol. The summed E-state index contributed by atoms with van der Waals surface area (Å²) in [7, 11) is 0.981. The zero-order valence-electron chi connectivity index (χ0n) is 10.6. The highest BCUT2D eigenvalue weighted by Gasteiger charge is 2.19. The summed E-state index contributed by atoms with van der Waals surface area (Å²) in [5.41, 5.74) is 3.95. The van der Waals surface area contributed by atoms with E-state index in [0.29, 0.717) is 0 Å². The Morgan fingerprint density at radius 1 is 1.18 bits per heavy atom. The quantitative estimate of drug-likeness (QED) is 0.831. The molecule has 0 aliphatic carbocycles. The summed E-state index contributed by atoms with van der Waals surface area (Å²) in [6, 6.07) is 10.5. The zero-order valence-corrected chi connectivity index (χ0v) is 11.4. The van der Waals surface area contributed by atoms with Gasteiger partial charge in [-0.3, -0.25) is 4.72 Å². The normalized spacial score (nSPS) is 26.2. The number of rotatable bonds is 3. The summed E-state index contributed by atoms with van der Waals surface area (Å²) in [6.45, 7) is 4.29. The lowest BCUT2D eigenvalue weighted by molar-refractivity contribution is 1.28. The van der Waals surface area contributed by atoms with Gasteiger partial charge >= 0.3 is 0 Å². The third-order valence-corrected chi connectivity index (χ3v) is 5.49. The summed E-state index contributed by atoms with van der Waals surface area (Å²) < 4.78 is 3.45. The molecule has 0 saturated carbocycles. The predicted molar refractivity (Wildman–Crippen MR) is 79.6 cm³/mol. The van der Waals surface area contributed by atoms with Crippen LogP contribution in [0.15, 0.2) is 58.2 Å². The van der Waals surface area contributed by atoms with Crippen LogP contribution in [0.1, 0.15) is 19.4 Å². The van der Waals surface area contributed by atoms with Gasteiger partial charge in [-0.25, -0.2) is 0 Å². The Morgan fingerprint density at radius 2 is 1.88 bits per heavy atom. The molecule has 1 N–H and O–H groups in total. The Balaban J connectivity index is 2.36. The van der Waals surface area contributed by atoms with Crippen molar-refractivity contribution in [2.75, 3.05) is 7.05 Å². The minimum atomic E-state index is -1.05. The highest BCUT2D eigenvalue weighted by molar-refractivity contribution is 8.39. The van der Waals surface area contributed by atoms with E-state index in [0.717, 1.165) is 0 Å². The molecule has 2 rings (SSSR count). The largest absolute Gasteiger partial charge is 0.274 e. The highest BCUT2D eigenvalue weighted by Crippen LogP contribution is 2.55. The third-order valence-electron chi connectivity index (χ3n) is 2.69. The number of benzene rings is 1. The molecule has 0 fully saturated rings. The molecule has 90 valence electrons. The van der Waals surface area contributed by atoms with Crippen molar-refractivity contribution < 1.29 is 0 Å². The van der Waals surface area contributed by atoms with Gasteiger partial charge in [-0.1, -0.05) is 35.9 Å². The maximum atomic E-state index is 3.45. The lowest BCUT2D eigenvalue weighted by Crippen LogP contribution is -2.07. The Labute approximate surface area is 105 Å². The first-order valence-corrected chi connectivity index (χ1v) is 7.59. The summed E-state index contributed by atoms with van der Waals surface area (Å²) in [4.78, 5) is 0. The molecule has 0 bridgehead atoms. The van der Waals surface area contributed by atoms with Gasteiger partial charge < -0.3 is 0 Å². The number of hydrogen-bond donors (Lipinski definition) is 1. The van der Waals surface area contributed by atoms with Crippen LogP contribution >= 0.6 is 10.2 Å². The Morgan fingerprint density at radius 3 is 2.47 bits per heavy atom. The Bertz CT molecular complexity index is 481. The SMILES string of the molecule is CNS1(C=C(C)C)C=CC(c2ccccc2)=C1. The standard InChI is InChI=1S/C15H19NS/c1-13(2)11-17(16-3)10-9-15(12-17)14-7-5-4-6-8-14/h4-12,16H,1-3H3. The second-order valence-electron chi connectivity index (χ2n) is 4.40. The fraction of sp³-hybridized carbons (Fsp3) is 0.200. The first-order valence-electron chi connectivity index (χ1n) is 5.77. The lowest BCUT2D eigenvalue weighted by atomic mass is 10.1. The molecule has 1 aromatic carbocycles. The van der Waals surface area contributed by atoms with Gasteiger partial charge in [-0.15, -0.1) is 10.2 Å². The van der Waals surface area contributed by atoms with E-state index in [1.54, 1.807) is 0 Å². The van der Waals surface area contributed by atoms with E-state index in [2.05, 4.69) is 71.2 Å². The number of hydrogen-bond acceptors (Lipinski definition) is 1. The van der Waals surface area contributed by atoms with Crippen molar-refractivity contribution in [1.82, 2.24) is 4.72 Å². The molecule has 1 aliphatic rings. The molecule has 0 radical (unpaired) electrons. The van der Waals surface area contributed by atoms with E-state index >= 15 is 0 Å². The van der Waals surface area contributed by atoms with Gasteiger partial charge in [-0.05, 0) is 54.3 Å². The minimum absolute atomic E-state index is 1.05. The molecule has 2 heteroatoms. The summed E-state index contributed by atoms with van der Waals surface area (Å²) >= 11 is 0. The highest BCUT2D eigenvalue weighted by atomic mass is 32.3. The van der Waals surface area contributed by atoms with E-state index in [1.165, 1.54) is 16.7 Å². The number of nitrogens with one attached hydrogen (secondary N) is 1. The molecule has 1 aromatic rings. The molecule has 1 heterocycles. The van der Waals surface area contributed by atoms with Gasteiger partial charge in [0.25, 0.3) is 0 Å². The third kappa shape index (κ3) is 2.71. The molecule has 0 aromatic heterocycles. The first-order chi connectivity index (χ1) is 8.15. The average molecular weight is 245 g/mol. The Kier molecular flexibility index (Phi) is 3.55. The summed E-state index contributed by atoms with van der Waals surface area (Å²) in [5.74, 6) is 0. The van der Waals surface area contributed by atoms with E-state index in [1.807, 2.05) is 7.05 Å². The van der Waals surface area contributed by atoms with E-state index in [-0.39, 0.29) is 0 Å². The summed E-state index contributed by atoms with van der Waals surface area (Å²) in [6.07, 6.45) is 2.22. The zero-order chi connectivity index (χ0) is 12.3. The van der Waals surface area contributed by atoms with Gasteiger partial charge in [0.05, 0.1) is 0 Å². The fourth-order valence-electron chi connectivity index (χ4n) is 1.92. The molecule has 1 atom stereocenters. The molecule has 0 amide bonds. The topological polar surface area (TPSA) is 12.0 Å². The van der Waals surface area contributed by atoms with Crippen molar-refractivity contribution in [3.63, 3.8) is 0 Å². The van der Waals surface area contributed by atoms with Crippen molar-refractivity contribution in [2.45, 2.75) is 13.8 Å². The van der Waals surface area contributed by atoms with Crippen LogP contribution in [0.25, 0.3) is 5.57 Å². The van der Waals surface area contributed by atoms with Crippen molar-refractivity contribution in [3.8, 4) is 0 Å². The van der Waals surface area contributed by atoms with E-state index < -0.39 is 10.2 Å². The monoisotopic (exact) mass is 245 g/mol. The first kappa shape index (κ1) is 12.2. The van der Waals surface area contributed by atoms with Gasteiger partial charge in [0, 0.05) is 0 Å². The Hall–Kier alpha value is -1.25. The van der Waals surface area contributed by atoms with Crippen LogP contribution in [0, 0.1) is 0 Å². The number of allylic oxidation sites excluding steroid dienone is 3. The van der Waals surface area contributed by atoms with Gasteiger partial charge in [0.1, 0.15) is 0 Å². The molecule has 1 aliphatic heterocycles. The van der Waals surface area contributed by atoms with Crippen LogP contribution in [-0.4, -0.2) is 7.05 Å². The second kappa shape index (κ2) is 4.94. The average Bonchev–Trinajstić information content (AvgIpc) is 2.74. The predicted octanol–water partition coefficient (Wildman–Crippen LogP) is 4.42. The maximum Gasteiger partial charge on any atom is -0.00625 e. The van der Waals surface area contributed by atoms with Crippen molar-refractivity contribution in [2.24, 2.45) is 0 Å². The molecule has 0 saturated heterocycles. The lowest BCUT2D eigenvalue weighted by Gasteiger charge is -2.27. The van der Waals surface area contributed by atoms with Gasteiger partial charge in [0.15, 0.2) is 0 Å². The van der Waals surface area contributed by atoms with E-state index in [9.17, 15) is 0 Å². The van der Waals surface area contributed by atoms with Crippen molar-refractivity contribution in [1.29, 1.82) is 0 Å². The molecular formula is C15H19NS.